The summed E-state index contributed by atoms with van der Waals surface area (Å²) in [5, 5.41) is 4.26. The number of carbonyl (C=O) groups is 3. The number of nitrogens with one attached hydrogen (secondary N) is 1. The van der Waals surface area contributed by atoms with Gasteiger partial charge >= 0.3 is 11.9 Å². The number of halogens is 1. The summed E-state index contributed by atoms with van der Waals surface area (Å²) in [5.41, 5.74) is 1.80. The summed E-state index contributed by atoms with van der Waals surface area (Å²) in [5.74, 6) is -0.589. The molecule has 0 saturated heterocycles. The summed E-state index contributed by atoms with van der Waals surface area (Å²) in [6, 6.07) is 8.38. The second-order valence-electron chi connectivity index (χ2n) is 8.56. The Balaban J connectivity index is 1.95. The molecule has 0 bridgehead atoms. The van der Waals surface area contributed by atoms with Crippen molar-refractivity contribution >= 4 is 51.7 Å². The molecule has 9 nitrogen and oxygen atoms in total. The molecule has 10 heteroatoms. The van der Waals surface area contributed by atoms with E-state index in [0.717, 1.165) is 0 Å². The number of hydrogen-bond donors (Lipinski definition) is 1. The summed E-state index contributed by atoms with van der Waals surface area (Å²) in [6.07, 6.45) is 1.53. The number of methoxy groups -OCH3 is 2. The molecular formula is C26H28ClN3O6. The number of Topliss-reactive ketones (excluding diaryl/α,β-unsaturated/α-hetero) is 1. The van der Waals surface area contributed by atoms with Crippen molar-refractivity contribution in [2.75, 3.05) is 19.5 Å². The van der Waals surface area contributed by atoms with Crippen molar-refractivity contribution in [1.29, 1.82) is 0 Å². The van der Waals surface area contributed by atoms with Crippen LogP contribution in [0.25, 0.3) is 10.9 Å². The number of nitrogens with zero attached hydrogens (tertiary/aromatic N) is 2. The van der Waals surface area contributed by atoms with Crippen LogP contribution in [0.5, 0.6) is 11.5 Å². The van der Waals surface area contributed by atoms with Gasteiger partial charge in [0.25, 0.3) is 0 Å². The minimum absolute atomic E-state index is 0.0417. The van der Waals surface area contributed by atoms with Crippen molar-refractivity contribution in [3.63, 3.8) is 0 Å². The summed E-state index contributed by atoms with van der Waals surface area (Å²) in [4.78, 5) is 45.2. The molecule has 0 radical (unpaired) electrons. The third-order valence-corrected chi connectivity index (χ3v) is 5.88. The van der Waals surface area contributed by atoms with E-state index < -0.39 is 17.9 Å². The fourth-order valence-corrected chi connectivity index (χ4v) is 3.95. The van der Waals surface area contributed by atoms with E-state index in [1.807, 2.05) is 13.8 Å². The highest BCUT2D eigenvalue weighted by atomic mass is 35.5. The fourth-order valence-electron chi connectivity index (χ4n) is 3.78. The number of rotatable bonds is 10. The predicted octanol–water partition coefficient (Wildman–Crippen LogP) is 4.91. The maximum absolute atomic E-state index is 12.9. The van der Waals surface area contributed by atoms with E-state index >= 15 is 0 Å². The van der Waals surface area contributed by atoms with Crippen LogP contribution in [0.15, 0.2) is 36.7 Å². The molecule has 0 aliphatic carbocycles. The van der Waals surface area contributed by atoms with Gasteiger partial charge in [0.2, 0.25) is 0 Å². The average Bonchev–Trinajstić information content (AvgIpc) is 2.83. The zero-order valence-corrected chi connectivity index (χ0v) is 21.5. The maximum atomic E-state index is 12.9. The monoisotopic (exact) mass is 513 g/mol. The second kappa shape index (κ2) is 11.8. The van der Waals surface area contributed by atoms with Crippen LogP contribution in [0.4, 0.5) is 11.5 Å². The van der Waals surface area contributed by atoms with Crippen LogP contribution < -0.4 is 14.8 Å². The van der Waals surface area contributed by atoms with Crippen LogP contribution >= 0.6 is 11.6 Å². The SMILES string of the molecule is COC(=O)[C@H](CC(=O)Cc1ccc(Cl)cc1Nc1ncnc2cc(OC)c(OC(C)=O)cc12)C(C)C. The van der Waals surface area contributed by atoms with Crippen molar-refractivity contribution in [3.05, 3.63) is 47.2 Å². The first kappa shape index (κ1) is 26.9. The summed E-state index contributed by atoms with van der Waals surface area (Å²) in [7, 11) is 2.78. The van der Waals surface area contributed by atoms with Gasteiger partial charge < -0.3 is 19.5 Å². The molecule has 0 amide bonds. The fraction of sp³-hybridized carbons (Fsp3) is 0.346. The van der Waals surface area contributed by atoms with Crippen molar-refractivity contribution < 1.29 is 28.6 Å². The molecule has 2 aromatic carbocycles. The Bertz CT molecular complexity index is 1290. The molecule has 3 aromatic rings. The van der Waals surface area contributed by atoms with Crippen LogP contribution in [0.2, 0.25) is 5.02 Å². The van der Waals surface area contributed by atoms with Crippen LogP contribution in [-0.2, 0) is 25.5 Å². The summed E-state index contributed by atoms with van der Waals surface area (Å²) < 4.78 is 15.5. The van der Waals surface area contributed by atoms with Crippen LogP contribution in [0, 0.1) is 11.8 Å². The number of fused-ring (bicyclic) bond motifs is 1. The maximum Gasteiger partial charge on any atom is 0.309 e. The molecule has 0 unspecified atom stereocenters. The molecule has 36 heavy (non-hydrogen) atoms. The van der Waals surface area contributed by atoms with Gasteiger partial charge in [-0.1, -0.05) is 31.5 Å². The van der Waals surface area contributed by atoms with Crippen molar-refractivity contribution in [1.82, 2.24) is 9.97 Å². The quantitative estimate of drug-likeness (QED) is 0.298. The second-order valence-corrected chi connectivity index (χ2v) is 8.99. The number of benzene rings is 2. The van der Waals surface area contributed by atoms with Gasteiger partial charge in [0.1, 0.15) is 17.9 Å². The first-order valence-electron chi connectivity index (χ1n) is 11.3. The van der Waals surface area contributed by atoms with Gasteiger partial charge in [0.05, 0.1) is 25.7 Å². The normalized spacial score (nSPS) is 11.8. The predicted molar refractivity (Wildman–Crippen MR) is 136 cm³/mol. The lowest BCUT2D eigenvalue weighted by atomic mass is 9.89. The smallest absolute Gasteiger partial charge is 0.309 e. The number of aromatic nitrogens is 2. The van der Waals surface area contributed by atoms with E-state index in [1.165, 1.54) is 27.5 Å². The largest absolute Gasteiger partial charge is 0.493 e. The molecule has 1 aromatic heterocycles. The Morgan fingerprint density at radius 2 is 1.81 bits per heavy atom. The van der Waals surface area contributed by atoms with Crippen molar-refractivity contribution in [2.24, 2.45) is 11.8 Å². The molecule has 3 rings (SSSR count). The molecule has 1 heterocycles. The van der Waals surface area contributed by atoms with Crippen molar-refractivity contribution in [2.45, 2.75) is 33.6 Å². The number of hydrogen-bond acceptors (Lipinski definition) is 9. The van der Waals surface area contributed by atoms with Crippen LogP contribution in [-0.4, -0.2) is 41.9 Å². The Labute approximate surface area is 214 Å². The van der Waals surface area contributed by atoms with Crippen LogP contribution in [0.1, 0.15) is 32.8 Å². The third-order valence-electron chi connectivity index (χ3n) is 5.64. The number of ether oxygens (including phenoxy) is 3. The molecule has 1 N–H and O–H groups in total. The van der Waals surface area contributed by atoms with Gasteiger partial charge in [0, 0.05) is 41.9 Å². The topological polar surface area (TPSA) is 117 Å². The van der Waals surface area contributed by atoms with Gasteiger partial charge in [-0.2, -0.15) is 0 Å². The molecular weight excluding hydrogens is 486 g/mol. The Morgan fingerprint density at radius 1 is 1.06 bits per heavy atom. The number of carbonyl (C=O) groups excluding carboxylic acids is 3. The Morgan fingerprint density at radius 3 is 2.44 bits per heavy atom. The Hall–Kier alpha value is -3.72. The average molecular weight is 514 g/mol. The van der Waals surface area contributed by atoms with E-state index in [0.29, 0.717) is 38.7 Å². The van der Waals surface area contributed by atoms with Gasteiger partial charge in [-0.15, -0.1) is 0 Å². The number of esters is 2. The van der Waals surface area contributed by atoms with E-state index in [4.69, 9.17) is 25.8 Å². The zero-order valence-electron chi connectivity index (χ0n) is 20.8. The van der Waals surface area contributed by atoms with E-state index in [-0.39, 0.29) is 30.3 Å². The zero-order chi connectivity index (χ0) is 26.4. The number of ketones is 1. The van der Waals surface area contributed by atoms with Crippen LogP contribution in [0.3, 0.4) is 0 Å². The minimum atomic E-state index is -0.522. The van der Waals surface area contributed by atoms with Gasteiger partial charge in [-0.25, -0.2) is 9.97 Å². The molecule has 0 saturated carbocycles. The van der Waals surface area contributed by atoms with Gasteiger partial charge in [-0.3, -0.25) is 14.4 Å². The van der Waals surface area contributed by atoms with Gasteiger partial charge in [-0.05, 0) is 29.7 Å². The van der Waals surface area contributed by atoms with Crippen molar-refractivity contribution in [3.8, 4) is 11.5 Å². The highest BCUT2D eigenvalue weighted by Crippen LogP contribution is 2.35. The molecule has 0 fully saturated rings. The van der Waals surface area contributed by atoms with E-state index in [2.05, 4.69) is 15.3 Å². The lowest BCUT2D eigenvalue weighted by Crippen LogP contribution is -2.25. The molecule has 0 aliphatic rings. The first-order chi connectivity index (χ1) is 17.1. The van der Waals surface area contributed by atoms with E-state index in [1.54, 1.807) is 30.3 Å². The molecule has 0 spiro atoms. The summed E-state index contributed by atoms with van der Waals surface area (Å²) in [6.45, 7) is 5.05. The first-order valence-corrected chi connectivity index (χ1v) is 11.7. The minimum Gasteiger partial charge on any atom is -0.493 e. The third kappa shape index (κ3) is 6.48. The lowest BCUT2D eigenvalue weighted by molar-refractivity contribution is -0.148. The molecule has 0 aliphatic heterocycles. The molecule has 1 atom stereocenters. The lowest BCUT2D eigenvalue weighted by Gasteiger charge is -2.18. The standard InChI is InChI=1S/C26H28ClN3O6/c1-14(2)19(26(33)35-5)10-18(32)8-16-6-7-17(27)9-21(16)30-25-20-11-24(36-15(3)31)23(34-4)12-22(20)28-13-29-25/h6-7,9,11-14,19H,8,10H2,1-5H3,(H,28,29,30)/t19-/m1/s1. The number of anilines is 2. The molecule has 190 valence electrons. The highest BCUT2D eigenvalue weighted by molar-refractivity contribution is 6.31. The van der Waals surface area contributed by atoms with Gasteiger partial charge in [0.15, 0.2) is 11.5 Å². The Kier molecular flexibility index (Phi) is 8.82. The summed E-state index contributed by atoms with van der Waals surface area (Å²) >= 11 is 6.25. The highest BCUT2D eigenvalue weighted by Gasteiger charge is 2.26. The van der Waals surface area contributed by atoms with E-state index in [9.17, 15) is 14.4 Å².